The van der Waals surface area contributed by atoms with E-state index in [1.807, 2.05) is 18.2 Å². The normalized spacial score (nSPS) is 27.0. The molecule has 3 rings (SSSR count). The first-order valence-electron chi connectivity index (χ1n) is 6.82. The largest absolute Gasteiger partial charge is 0.497 e. The van der Waals surface area contributed by atoms with Crippen molar-refractivity contribution in [1.29, 1.82) is 0 Å². The van der Waals surface area contributed by atoms with E-state index >= 15 is 0 Å². The smallest absolute Gasteiger partial charge is 0.193 e. The number of carbonyl (C=O) groups is 1. The second-order valence-electron chi connectivity index (χ2n) is 5.21. The Morgan fingerprint density at radius 3 is 3.21 bits per heavy atom. The topological polar surface area (TPSA) is 38.8 Å². The lowest BCUT2D eigenvalue weighted by atomic mass is 10.0. The molecule has 1 aromatic carbocycles. The van der Waals surface area contributed by atoms with Gasteiger partial charge >= 0.3 is 0 Å². The Bertz CT molecular complexity index is 474. The Balaban J connectivity index is 1.72. The lowest BCUT2D eigenvalue weighted by Crippen LogP contribution is -2.49. The number of ether oxygens (including phenoxy) is 2. The Kier molecular flexibility index (Phi) is 3.53. The van der Waals surface area contributed by atoms with E-state index in [1.54, 1.807) is 13.2 Å². The van der Waals surface area contributed by atoms with Gasteiger partial charge in [0, 0.05) is 18.2 Å². The molecular formula is C15H19NO3. The SMILES string of the molecule is COc1cccc(C(=O)C2CN3CCCC3CO2)c1. The second kappa shape index (κ2) is 5.31. The average Bonchev–Trinajstić information content (AvgIpc) is 2.94. The lowest BCUT2D eigenvalue weighted by Gasteiger charge is -2.34. The monoisotopic (exact) mass is 261 g/mol. The van der Waals surface area contributed by atoms with Crippen LogP contribution in [0.2, 0.25) is 0 Å². The van der Waals surface area contributed by atoms with Crippen molar-refractivity contribution in [2.75, 3.05) is 26.8 Å². The van der Waals surface area contributed by atoms with E-state index in [2.05, 4.69) is 4.90 Å². The van der Waals surface area contributed by atoms with Crippen LogP contribution < -0.4 is 4.74 Å². The summed E-state index contributed by atoms with van der Waals surface area (Å²) in [5.41, 5.74) is 0.669. The minimum atomic E-state index is -0.332. The summed E-state index contributed by atoms with van der Waals surface area (Å²) in [7, 11) is 1.61. The molecule has 2 unspecified atom stereocenters. The van der Waals surface area contributed by atoms with E-state index in [4.69, 9.17) is 9.47 Å². The Morgan fingerprint density at radius 1 is 1.47 bits per heavy atom. The first-order chi connectivity index (χ1) is 9.28. The Morgan fingerprint density at radius 2 is 2.37 bits per heavy atom. The van der Waals surface area contributed by atoms with E-state index in [-0.39, 0.29) is 11.9 Å². The summed E-state index contributed by atoms with van der Waals surface area (Å²) in [5.74, 6) is 0.768. The molecule has 0 radical (unpaired) electrons. The Labute approximate surface area is 113 Å². The van der Waals surface area contributed by atoms with E-state index in [1.165, 1.54) is 12.8 Å². The fraction of sp³-hybridized carbons (Fsp3) is 0.533. The van der Waals surface area contributed by atoms with Crippen LogP contribution in [-0.2, 0) is 4.74 Å². The number of nitrogens with zero attached hydrogens (tertiary/aromatic N) is 1. The minimum Gasteiger partial charge on any atom is -0.497 e. The number of carbonyl (C=O) groups excluding carboxylic acids is 1. The molecule has 0 N–H and O–H groups in total. The van der Waals surface area contributed by atoms with Gasteiger partial charge in [0.15, 0.2) is 5.78 Å². The highest BCUT2D eigenvalue weighted by Crippen LogP contribution is 2.24. The first-order valence-corrected chi connectivity index (χ1v) is 6.82. The van der Waals surface area contributed by atoms with E-state index in [0.29, 0.717) is 24.0 Å². The molecule has 4 nitrogen and oxygen atoms in total. The molecule has 0 aliphatic carbocycles. The zero-order valence-corrected chi connectivity index (χ0v) is 11.2. The van der Waals surface area contributed by atoms with Crippen molar-refractivity contribution >= 4 is 5.78 Å². The third-order valence-electron chi connectivity index (χ3n) is 4.04. The zero-order chi connectivity index (χ0) is 13.2. The maximum absolute atomic E-state index is 12.4. The summed E-state index contributed by atoms with van der Waals surface area (Å²) in [6.07, 6.45) is 2.08. The number of fused-ring (bicyclic) bond motifs is 1. The van der Waals surface area contributed by atoms with Crippen LogP contribution in [0.3, 0.4) is 0 Å². The van der Waals surface area contributed by atoms with Crippen molar-refractivity contribution in [2.45, 2.75) is 25.0 Å². The van der Waals surface area contributed by atoms with Crippen LogP contribution >= 0.6 is 0 Å². The van der Waals surface area contributed by atoms with Gasteiger partial charge in [-0.05, 0) is 31.5 Å². The van der Waals surface area contributed by atoms with Gasteiger partial charge < -0.3 is 9.47 Å². The molecule has 2 saturated heterocycles. The highest BCUT2D eigenvalue weighted by molar-refractivity contribution is 6.00. The number of morpholine rings is 1. The standard InChI is InChI=1S/C15H19NO3/c1-18-13-6-2-4-11(8-13)15(17)14-9-16-7-3-5-12(16)10-19-14/h2,4,6,8,12,14H,3,5,7,9-10H2,1H3. The van der Waals surface area contributed by atoms with Gasteiger partial charge in [-0.25, -0.2) is 0 Å². The van der Waals surface area contributed by atoms with Gasteiger partial charge in [-0.2, -0.15) is 0 Å². The average molecular weight is 261 g/mol. The van der Waals surface area contributed by atoms with Gasteiger partial charge in [-0.15, -0.1) is 0 Å². The van der Waals surface area contributed by atoms with Crippen molar-refractivity contribution in [3.8, 4) is 5.75 Å². The molecule has 0 aromatic heterocycles. The number of hydrogen-bond donors (Lipinski definition) is 0. The number of benzene rings is 1. The predicted octanol–water partition coefficient (Wildman–Crippen LogP) is 1.74. The molecule has 0 amide bonds. The lowest BCUT2D eigenvalue weighted by molar-refractivity contribution is -0.0344. The minimum absolute atomic E-state index is 0.0595. The molecule has 0 spiro atoms. The molecule has 1 aromatic rings. The molecule has 2 fully saturated rings. The summed E-state index contributed by atoms with van der Waals surface area (Å²) < 4.78 is 10.9. The molecule has 19 heavy (non-hydrogen) atoms. The third-order valence-corrected chi connectivity index (χ3v) is 4.04. The third kappa shape index (κ3) is 2.51. The van der Waals surface area contributed by atoms with Crippen LogP contribution in [0, 0.1) is 0 Å². The fourth-order valence-corrected chi connectivity index (χ4v) is 2.94. The highest BCUT2D eigenvalue weighted by Gasteiger charge is 2.35. The summed E-state index contributed by atoms with van der Waals surface area (Å²) in [5, 5.41) is 0. The van der Waals surface area contributed by atoms with Crippen molar-refractivity contribution in [1.82, 2.24) is 4.90 Å². The number of methoxy groups -OCH3 is 1. The number of rotatable bonds is 3. The van der Waals surface area contributed by atoms with Crippen molar-refractivity contribution < 1.29 is 14.3 Å². The number of Topliss-reactive ketones (excluding diaryl/α,β-unsaturated/α-hetero) is 1. The van der Waals surface area contributed by atoms with Gasteiger partial charge in [0.25, 0.3) is 0 Å². The van der Waals surface area contributed by atoms with Crippen LogP contribution in [0.15, 0.2) is 24.3 Å². The van der Waals surface area contributed by atoms with Crippen LogP contribution in [0.4, 0.5) is 0 Å². The van der Waals surface area contributed by atoms with Crippen molar-refractivity contribution in [2.24, 2.45) is 0 Å². The molecule has 0 bridgehead atoms. The number of hydrogen-bond acceptors (Lipinski definition) is 4. The molecule has 0 saturated carbocycles. The van der Waals surface area contributed by atoms with E-state index in [9.17, 15) is 4.79 Å². The van der Waals surface area contributed by atoms with E-state index < -0.39 is 0 Å². The van der Waals surface area contributed by atoms with Gasteiger partial charge in [0.05, 0.1) is 13.7 Å². The molecule has 2 aliphatic heterocycles. The van der Waals surface area contributed by atoms with Crippen molar-refractivity contribution in [3.63, 3.8) is 0 Å². The predicted molar refractivity (Wildman–Crippen MR) is 71.7 cm³/mol. The summed E-state index contributed by atoms with van der Waals surface area (Å²) >= 11 is 0. The van der Waals surface area contributed by atoms with Gasteiger partial charge in [0.2, 0.25) is 0 Å². The summed E-state index contributed by atoms with van der Waals surface area (Å²) in [6, 6.07) is 7.81. The van der Waals surface area contributed by atoms with Crippen LogP contribution in [0.5, 0.6) is 5.75 Å². The van der Waals surface area contributed by atoms with Gasteiger partial charge in [0.1, 0.15) is 11.9 Å². The maximum atomic E-state index is 12.4. The highest BCUT2D eigenvalue weighted by atomic mass is 16.5. The summed E-state index contributed by atoms with van der Waals surface area (Å²) in [4.78, 5) is 14.8. The zero-order valence-electron chi connectivity index (χ0n) is 11.2. The molecule has 2 atom stereocenters. The molecular weight excluding hydrogens is 242 g/mol. The quantitative estimate of drug-likeness (QED) is 0.777. The van der Waals surface area contributed by atoms with Crippen molar-refractivity contribution in [3.05, 3.63) is 29.8 Å². The second-order valence-corrected chi connectivity index (χ2v) is 5.21. The molecule has 2 aliphatic rings. The van der Waals surface area contributed by atoms with Crippen LogP contribution in [-0.4, -0.2) is 49.6 Å². The maximum Gasteiger partial charge on any atom is 0.193 e. The van der Waals surface area contributed by atoms with Crippen LogP contribution in [0.25, 0.3) is 0 Å². The summed E-state index contributed by atoms with van der Waals surface area (Å²) in [6.45, 7) is 2.50. The van der Waals surface area contributed by atoms with Crippen LogP contribution in [0.1, 0.15) is 23.2 Å². The molecule has 2 heterocycles. The van der Waals surface area contributed by atoms with Gasteiger partial charge in [-0.1, -0.05) is 12.1 Å². The van der Waals surface area contributed by atoms with E-state index in [0.717, 1.165) is 13.1 Å². The molecule has 4 heteroatoms. The Hall–Kier alpha value is -1.39. The number of ketones is 1. The fourth-order valence-electron chi connectivity index (χ4n) is 2.94. The first kappa shape index (κ1) is 12.6. The molecule has 102 valence electrons. The van der Waals surface area contributed by atoms with Gasteiger partial charge in [-0.3, -0.25) is 9.69 Å².